The minimum absolute atomic E-state index is 0.357. The first-order chi connectivity index (χ1) is 7.38. The van der Waals surface area contributed by atoms with Crippen LogP contribution in [-0.2, 0) is 4.79 Å². The number of carbonyl (C=O) groups is 1. The summed E-state index contributed by atoms with van der Waals surface area (Å²) in [5.41, 5.74) is 5.22. The first kappa shape index (κ1) is 17.8. The zero-order valence-electron chi connectivity index (χ0n) is 11.4. The van der Waals surface area contributed by atoms with Gasteiger partial charge in [-0.3, -0.25) is 4.79 Å². The van der Waals surface area contributed by atoms with E-state index in [1.54, 1.807) is 0 Å². The van der Waals surface area contributed by atoms with Gasteiger partial charge in [-0.25, -0.2) is 0 Å². The maximum absolute atomic E-state index is 10.1. The van der Waals surface area contributed by atoms with Gasteiger partial charge in [0.25, 0.3) is 0 Å². The molecule has 4 nitrogen and oxygen atoms in total. The molecule has 0 aliphatic heterocycles. The summed E-state index contributed by atoms with van der Waals surface area (Å²) in [6, 6.07) is -0.690. The molecule has 0 amide bonds. The number of carboxylic acid groups (broad SMARTS) is 1. The monoisotopic (exact) mass is 232 g/mol. The van der Waals surface area contributed by atoms with Gasteiger partial charge >= 0.3 is 5.97 Å². The summed E-state index contributed by atoms with van der Waals surface area (Å²) in [6.45, 7) is 14.0. The third-order valence-electron chi connectivity index (χ3n) is 2.38. The number of nitrogens with two attached hydrogens (primary N) is 1. The molecule has 4 heteroatoms. The quantitative estimate of drug-likeness (QED) is 0.732. The molecule has 0 saturated heterocycles. The van der Waals surface area contributed by atoms with Crippen molar-refractivity contribution in [2.45, 2.75) is 47.1 Å². The first-order valence-corrected chi connectivity index (χ1v) is 6.09. The van der Waals surface area contributed by atoms with E-state index in [2.05, 4.69) is 25.7 Å². The lowest BCUT2D eigenvalue weighted by atomic mass is 10.1. The Labute approximate surface area is 99.8 Å². The molecule has 1 atom stereocenters. The Morgan fingerprint density at radius 2 is 1.56 bits per heavy atom. The molecule has 0 aromatic carbocycles. The van der Waals surface area contributed by atoms with Crippen molar-refractivity contribution >= 4 is 5.97 Å². The van der Waals surface area contributed by atoms with E-state index in [0.29, 0.717) is 12.3 Å². The molecular weight excluding hydrogens is 204 g/mol. The molecule has 0 unspecified atom stereocenters. The maximum Gasteiger partial charge on any atom is 0.320 e. The molecule has 0 radical (unpaired) electrons. The Morgan fingerprint density at radius 1 is 1.19 bits per heavy atom. The van der Waals surface area contributed by atoms with Crippen LogP contribution in [0.25, 0.3) is 0 Å². The standard InChI is InChI=1S/C6H13NO2.C6H15N/c1-4(2)3-5(7)6(8)9;1-4-7(5-2)6-3/h4-5H,3,7H2,1-2H3,(H,8,9);4-6H2,1-3H3/t5-;/m0./s1. The molecule has 0 heterocycles. The van der Waals surface area contributed by atoms with Gasteiger partial charge in [0, 0.05) is 0 Å². The predicted molar refractivity (Wildman–Crippen MR) is 68.5 cm³/mol. The molecule has 0 aromatic rings. The second-order valence-corrected chi connectivity index (χ2v) is 4.19. The molecule has 0 fully saturated rings. The van der Waals surface area contributed by atoms with Crippen molar-refractivity contribution in [3.63, 3.8) is 0 Å². The molecular formula is C12H28N2O2. The van der Waals surface area contributed by atoms with E-state index >= 15 is 0 Å². The number of carboxylic acids is 1. The third kappa shape index (κ3) is 11.5. The summed E-state index contributed by atoms with van der Waals surface area (Å²) in [4.78, 5) is 12.5. The number of rotatable bonds is 6. The van der Waals surface area contributed by atoms with Crippen LogP contribution in [0.1, 0.15) is 41.0 Å². The van der Waals surface area contributed by atoms with Gasteiger partial charge < -0.3 is 15.7 Å². The number of nitrogens with zero attached hydrogens (tertiary/aromatic N) is 1. The van der Waals surface area contributed by atoms with Gasteiger partial charge in [0.15, 0.2) is 0 Å². The SMILES string of the molecule is CC(C)C[C@H](N)C(=O)O.CCN(CC)CC. The van der Waals surface area contributed by atoms with Crippen LogP contribution in [0.4, 0.5) is 0 Å². The van der Waals surface area contributed by atoms with Crippen molar-refractivity contribution in [2.75, 3.05) is 19.6 Å². The van der Waals surface area contributed by atoms with Crippen LogP contribution in [0.3, 0.4) is 0 Å². The van der Waals surface area contributed by atoms with Crippen LogP contribution < -0.4 is 5.73 Å². The number of hydrogen-bond acceptors (Lipinski definition) is 3. The van der Waals surface area contributed by atoms with Crippen molar-refractivity contribution < 1.29 is 9.90 Å². The van der Waals surface area contributed by atoms with Gasteiger partial charge in [-0.1, -0.05) is 34.6 Å². The second-order valence-electron chi connectivity index (χ2n) is 4.19. The van der Waals surface area contributed by atoms with Crippen LogP contribution in [0.15, 0.2) is 0 Å². The Morgan fingerprint density at radius 3 is 1.62 bits per heavy atom. The Hall–Kier alpha value is -0.610. The van der Waals surface area contributed by atoms with Gasteiger partial charge in [-0.2, -0.15) is 0 Å². The van der Waals surface area contributed by atoms with Gasteiger partial charge in [0.05, 0.1) is 0 Å². The van der Waals surface area contributed by atoms with Crippen molar-refractivity contribution in [3.05, 3.63) is 0 Å². The molecule has 16 heavy (non-hydrogen) atoms. The zero-order chi connectivity index (χ0) is 13.1. The van der Waals surface area contributed by atoms with Gasteiger partial charge in [0.1, 0.15) is 6.04 Å². The minimum atomic E-state index is -0.913. The zero-order valence-corrected chi connectivity index (χ0v) is 11.4. The lowest BCUT2D eigenvalue weighted by Gasteiger charge is -2.13. The van der Waals surface area contributed by atoms with Crippen molar-refractivity contribution in [2.24, 2.45) is 11.7 Å². The van der Waals surface area contributed by atoms with Gasteiger partial charge in [-0.15, -0.1) is 0 Å². The van der Waals surface area contributed by atoms with Crippen LogP contribution in [-0.4, -0.2) is 41.7 Å². The maximum atomic E-state index is 10.1. The summed E-state index contributed by atoms with van der Waals surface area (Å²) in [7, 11) is 0. The predicted octanol–water partition coefficient (Wildman–Crippen LogP) is 1.79. The lowest BCUT2D eigenvalue weighted by molar-refractivity contribution is -0.138. The fourth-order valence-corrected chi connectivity index (χ4v) is 1.28. The summed E-state index contributed by atoms with van der Waals surface area (Å²) < 4.78 is 0. The van der Waals surface area contributed by atoms with Crippen molar-refractivity contribution in [1.29, 1.82) is 0 Å². The van der Waals surface area contributed by atoms with E-state index in [-0.39, 0.29) is 0 Å². The van der Waals surface area contributed by atoms with Crippen LogP contribution in [0.2, 0.25) is 0 Å². The van der Waals surface area contributed by atoms with E-state index in [9.17, 15) is 4.79 Å². The summed E-state index contributed by atoms with van der Waals surface area (Å²) in [5.74, 6) is -0.556. The lowest BCUT2D eigenvalue weighted by Crippen LogP contribution is -2.31. The van der Waals surface area contributed by atoms with Crippen LogP contribution in [0, 0.1) is 5.92 Å². The number of aliphatic carboxylic acids is 1. The van der Waals surface area contributed by atoms with Gasteiger partial charge in [-0.05, 0) is 32.0 Å². The summed E-state index contributed by atoms with van der Waals surface area (Å²) in [5, 5.41) is 8.31. The highest BCUT2D eigenvalue weighted by atomic mass is 16.4. The largest absolute Gasteiger partial charge is 0.480 e. The molecule has 0 rings (SSSR count). The Kier molecular flexibility index (Phi) is 12.1. The van der Waals surface area contributed by atoms with Crippen molar-refractivity contribution in [1.82, 2.24) is 4.90 Å². The summed E-state index contributed by atoms with van der Waals surface area (Å²) >= 11 is 0. The Balaban J connectivity index is 0. The molecule has 3 N–H and O–H groups in total. The fraction of sp³-hybridized carbons (Fsp3) is 0.917. The first-order valence-electron chi connectivity index (χ1n) is 6.09. The molecule has 0 aliphatic carbocycles. The highest BCUT2D eigenvalue weighted by molar-refractivity contribution is 5.72. The smallest absolute Gasteiger partial charge is 0.320 e. The average Bonchev–Trinajstić information content (AvgIpc) is 2.20. The van der Waals surface area contributed by atoms with Crippen LogP contribution >= 0.6 is 0 Å². The minimum Gasteiger partial charge on any atom is -0.480 e. The molecule has 98 valence electrons. The third-order valence-corrected chi connectivity index (χ3v) is 2.38. The molecule has 0 saturated carbocycles. The molecule has 0 aliphatic rings. The molecule has 0 aromatic heterocycles. The van der Waals surface area contributed by atoms with E-state index in [0.717, 1.165) is 0 Å². The Bertz CT molecular complexity index is 163. The molecule has 0 bridgehead atoms. The van der Waals surface area contributed by atoms with Crippen LogP contribution in [0.5, 0.6) is 0 Å². The van der Waals surface area contributed by atoms with E-state index in [4.69, 9.17) is 10.8 Å². The highest BCUT2D eigenvalue weighted by Crippen LogP contribution is 2.01. The average molecular weight is 232 g/mol. The second kappa shape index (κ2) is 10.9. The van der Waals surface area contributed by atoms with Crippen molar-refractivity contribution in [3.8, 4) is 0 Å². The van der Waals surface area contributed by atoms with E-state index in [1.165, 1.54) is 19.6 Å². The molecule has 0 spiro atoms. The van der Waals surface area contributed by atoms with E-state index < -0.39 is 12.0 Å². The highest BCUT2D eigenvalue weighted by Gasteiger charge is 2.11. The van der Waals surface area contributed by atoms with Gasteiger partial charge in [0.2, 0.25) is 0 Å². The fourth-order valence-electron chi connectivity index (χ4n) is 1.28. The normalized spacial score (nSPS) is 12.2. The van der Waals surface area contributed by atoms with E-state index in [1.807, 2.05) is 13.8 Å². The number of hydrogen-bond donors (Lipinski definition) is 2. The summed E-state index contributed by atoms with van der Waals surface area (Å²) in [6.07, 6.45) is 0.551. The topological polar surface area (TPSA) is 66.6 Å².